The zero-order chi connectivity index (χ0) is 27.2. The third kappa shape index (κ3) is 8.03. The van der Waals surface area contributed by atoms with Crippen molar-refractivity contribution in [2.45, 2.75) is 39.4 Å². The number of amides is 2. The second kappa shape index (κ2) is 12.2. The summed E-state index contributed by atoms with van der Waals surface area (Å²) in [6, 6.07) is 15.8. The predicted octanol–water partition coefficient (Wildman–Crippen LogP) is 4.28. The van der Waals surface area contributed by atoms with Crippen molar-refractivity contribution in [2.75, 3.05) is 12.4 Å². The molecule has 37 heavy (non-hydrogen) atoms. The van der Waals surface area contributed by atoms with Crippen molar-refractivity contribution >= 4 is 59.7 Å². The molecule has 0 saturated heterocycles. The summed E-state index contributed by atoms with van der Waals surface area (Å²) in [6.07, 6.45) is -1.12. The van der Waals surface area contributed by atoms with Crippen molar-refractivity contribution < 1.29 is 28.7 Å². The van der Waals surface area contributed by atoms with Crippen LogP contribution in [0.15, 0.2) is 60.0 Å². The topological polar surface area (TPSA) is 111 Å². The summed E-state index contributed by atoms with van der Waals surface area (Å²) in [6.45, 7) is 6.66. The average Bonchev–Trinajstić information content (AvgIpc) is 3.37. The first-order chi connectivity index (χ1) is 17.5. The maximum absolute atomic E-state index is 13.1. The van der Waals surface area contributed by atoms with Crippen molar-refractivity contribution in [3.05, 3.63) is 71.1 Å². The molecule has 1 heterocycles. The molecule has 0 aliphatic carbocycles. The Morgan fingerprint density at radius 3 is 2.27 bits per heavy atom. The van der Waals surface area contributed by atoms with E-state index in [4.69, 9.17) is 9.47 Å². The monoisotopic (exact) mass is 583 g/mol. The van der Waals surface area contributed by atoms with Gasteiger partial charge in [0.25, 0.3) is 0 Å². The van der Waals surface area contributed by atoms with Gasteiger partial charge in [-0.05, 0) is 0 Å². The van der Waals surface area contributed by atoms with E-state index >= 15 is 0 Å². The molecule has 0 fully saturated rings. The van der Waals surface area contributed by atoms with Crippen LogP contribution in [0, 0.1) is 0 Å². The van der Waals surface area contributed by atoms with Crippen molar-refractivity contribution in [3.63, 3.8) is 0 Å². The average molecular weight is 584 g/mol. The SMILES string of the molecule is CNC(=O)C(OC(C)=O)c1ccc(C(=O)Nc2cc(-c3cccs3)ccc2[As]C(=O)OC(C)(C)C)cc1. The molecule has 2 N–H and O–H groups in total. The molecule has 0 aliphatic heterocycles. The zero-order valence-corrected chi connectivity index (χ0v) is 23.8. The van der Waals surface area contributed by atoms with Crippen LogP contribution in [-0.4, -0.2) is 50.9 Å². The van der Waals surface area contributed by atoms with E-state index in [1.807, 2.05) is 56.5 Å². The summed E-state index contributed by atoms with van der Waals surface area (Å²) >= 11 is 0.555. The molecule has 8 nitrogen and oxygen atoms in total. The third-order valence-electron chi connectivity index (χ3n) is 4.90. The number of nitrogens with one attached hydrogen (secondary N) is 2. The Morgan fingerprint density at radius 2 is 1.70 bits per heavy atom. The summed E-state index contributed by atoms with van der Waals surface area (Å²) < 4.78 is 11.0. The van der Waals surface area contributed by atoms with Crippen molar-refractivity contribution in [2.24, 2.45) is 0 Å². The minimum absolute atomic E-state index is 0.307. The van der Waals surface area contributed by atoms with Crippen LogP contribution in [0.25, 0.3) is 10.4 Å². The summed E-state index contributed by atoms with van der Waals surface area (Å²) in [4.78, 5) is 50.3. The van der Waals surface area contributed by atoms with Gasteiger partial charge >= 0.3 is 227 Å². The molecule has 3 rings (SSSR count). The van der Waals surface area contributed by atoms with Crippen LogP contribution in [0.2, 0.25) is 0 Å². The molecule has 10 heteroatoms. The van der Waals surface area contributed by atoms with E-state index in [1.54, 1.807) is 35.6 Å². The molecule has 2 amide bonds. The molecular weight excluding hydrogens is 555 g/mol. The Morgan fingerprint density at radius 1 is 1.00 bits per heavy atom. The molecule has 1 unspecified atom stereocenters. The van der Waals surface area contributed by atoms with Gasteiger partial charge in [0.05, 0.1) is 0 Å². The van der Waals surface area contributed by atoms with Crippen LogP contribution in [0.1, 0.15) is 49.7 Å². The maximum atomic E-state index is 13.1. The minimum atomic E-state index is -1.12. The van der Waals surface area contributed by atoms with Crippen LogP contribution in [-0.2, 0) is 19.1 Å². The number of anilines is 1. The number of carbonyl (C=O) groups is 4. The zero-order valence-electron chi connectivity index (χ0n) is 21.2. The summed E-state index contributed by atoms with van der Waals surface area (Å²) in [5.74, 6) is -1.46. The Labute approximate surface area is 226 Å². The molecule has 1 radical (unpaired) electrons. The van der Waals surface area contributed by atoms with E-state index in [0.29, 0.717) is 21.2 Å². The van der Waals surface area contributed by atoms with E-state index in [2.05, 4.69) is 10.6 Å². The van der Waals surface area contributed by atoms with Crippen LogP contribution in [0.4, 0.5) is 10.5 Å². The van der Waals surface area contributed by atoms with Gasteiger partial charge in [-0.15, -0.1) is 0 Å². The Hall–Kier alpha value is -3.42. The van der Waals surface area contributed by atoms with Gasteiger partial charge in [-0.25, -0.2) is 0 Å². The molecule has 1 aromatic heterocycles. The molecule has 1 atom stereocenters. The van der Waals surface area contributed by atoms with Gasteiger partial charge in [0.15, 0.2) is 0 Å². The standard InChI is InChI=1S/C27H28AsN2O6S/c1-16(31)35-23(25(33)29-5)17-8-10-18(11-9-17)24(32)30-21-15-19(22-7-6-14-37-22)12-13-20(21)28-26(34)36-27(2,3)4/h6-15,23H,1-5H3,(H,29,33)(H,30,32). The second-order valence-electron chi connectivity index (χ2n) is 8.98. The number of carbonyl (C=O) groups excluding carboxylic acids is 4. The summed E-state index contributed by atoms with van der Waals surface area (Å²) in [7, 11) is 1.45. The number of rotatable bonds is 8. The molecular formula is C27H28AsN2O6S. The van der Waals surface area contributed by atoms with Crippen molar-refractivity contribution in [1.82, 2.24) is 5.32 Å². The number of esters is 1. The van der Waals surface area contributed by atoms with Crippen LogP contribution < -0.4 is 15.0 Å². The number of thiophene rings is 1. The fraction of sp³-hybridized carbons (Fsp3) is 0.259. The third-order valence-corrected chi connectivity index (χ3v) is 7.72. The summed E-state index contributed by atoms with van der Waals surface area (Å²) in [5, 5.41) is 7.36. The molecule has 3 aromatic rings. The van der Waals surface area contributed by atoms with E-state index in [9.17, 15) is 19.2 Å². The molecule has 193 valence electrons. The van der Waals surface area contributed by atoms with Gasteiger partial charge < -0.3 is 0 Å². The van der Waals surface area contributed by atoms with E-state index in [-0.39, 0.29) is 10.7 Å². The van der Waals surface area contributed by atoms with Crippen molar-refractivity contribution in [3.8, 4) is 10.4 Å². The van der Waals surface area contributed by atoms with Gasteiger partial charge in [-0.3, -0.25) is 0 Å². The fourth-order valence-electron chi connectivity index (χ4n) is 3.29. The van der Waals surface area contributed by atoms with Crippen LogP contribution in [0.5, 0.6) is 0 Å². The van der Waals surface area contributed by atoms with Gasteiger partial charge in [0.1, 0.15) is 0 Å². The quantitative estimate of drug-likeness (QED) is 0.303. The van der Waals surface area contributed by atoms with Gasteiger partial charge in [0.2, 0.25) is 0 Å². The van der Waals surface area contributed by atoms with Gasteiger partial charge in [-0.1, -0.05) is 0 Å². The number of hydrogen-bond acceptors (Lipinski definition) is 7. The molecule has 0 spiro atoms. The Balaban J connectivity index is 1.86. The molecule has 2 aromatic carbocycles. The van der Waals surface area contributed by atoms with E-state index < -0.39 is 39.3 Å². The second-order valence-corrected chi connectivity index (χ2v) is 12.2. The predicted molar refractivity (Wildman–Crippen MR) is 144 cm³/mol. The van der Waals surface area contributed by atoms with Crippen LogP contribution in [0.3, 0.4) is 0 Å². The number of hydrogen-bond donors (Lipinski definition) is 2. The van der Waals surface area contributed by atoms with Crippen LogP contribution >= 0.6 is 11.3 Å². The van der Waals surface area contributed by atoms with Crippen molar-refractivity contribution in [1.29, 1.82) is 0 Å². The first kappa shape index (κ1) is 28.2. The molecule has 0 bridgehead atoms. The number of benzene rings is 2. The molecule has 0 saturated carbocycles. The van der Waals surface area contributed by atoms with E-state index in [0.717, 1.165) is 10.4 Å². The Kier molecular flexibility index (Phi) is 9.29. The fourth-order valence-corrected chi connectivity index (χ4v) is 5.91. The first-order valence-electron chi connectivity index (χ1n) is 11.4. The summed E-state index contributed by atoms with van der Waals surface area (Å²) in [5.41, 5.74) is 1.62. The van der Waals surface area contributed by atoms with Gasteiger partial charge in [0, 0.05) is 0 Å². The normalized spacial score (nSPS) is 12.1. The Bertz CT molecular complexity index is 1280. The number of ether oxygens (including phenoxy) is 2. The first-order valence-corrected chi connectivity index (χ1v) is 14.1. The van der Waals surface area contributed by atoms with E-state index in [1.165, 1.54) is 14.0 Å². The molecule has 0 aliphatic rings. The van der Waals surface area contributed by atoms with Gasteiger partial charge in [-0.2, -0.15) is 0 Å². The number of likely N-dealkylation sites (N-methyl/N-ethyl adjacent to an activating group) is 1.